The zero-order valence-electron chi connectivity index (χ0n) is 9.59. The lowest BCUT2D eigenvalue weighted by Gasteiger charge is -2.12. The van der Waals surface area contributed by atoms with Crippen molar-refractivity contribution in [3.05, 3.63) is 28.4 Å². The lowest BCUT2D eigenvalue weighted by Crippen LogP contribution is -2.00. The first-order valence-electron chi connectivity index (χ1n) is 5.66. The largest absolute Gasteiger partial charge is 0.494 e. The van der Waals surface area contributed by atoms with E-state index in [4.69, 9.17) is 22.1 Å². The van der Waals surface area contributed by atoms with E-state index in [9.17, 15) is 0 Å². The molecule has 2 aromatic rings. The molecule has 0 radical (unpaired) electrons. The number of aryl methyl sites for hydroxylation is 1. The lowest BCUT2D eigenvalue weighted by molar-refractivity contribution is 0.419. The van der Waals surface area contributed by atoms with E-state index >= 15 is 0 Å². The molecule has 17 heavy (non-hydrogen) atoms. The summed E-state index contributed by atoms with van der Waals surface area (Å²) in [6.07, 6.45) is 3.10. The van der Waals surface area contributed by atoms with Gasteiger partial charge in [-0.3, -0.25) is 0 Å². The Morgan fingerprint density at radius 1 is 1.35 bits per heavy atom. The number of nitrogen functional groups attached to an aromatic ring is 1. The molecule has 0 unspecified atom stereocenters. The second-order valence-corrected chi connectivity index (χ2v) is 4.68. The number of fused-ring (bicyclic) bond motifs is 2. The van der Waals surface area contributed by atoms with Crippen molar-refractivity contribution in [2.24, 2.45) is 0 Å². The molecule has 2 N–H and O–H groups in total. The molecule has 0 amide bonds. The third-order valence-electron chi connectivity index (χ3n) is 3.34. The number of hydrogen-bond acceptors (Lipinski definition) is 3. The second kappa shape index (κ2) is 3.77. The minimum Gasteiger partial charge on any atom is -0.494 e. The molecule has 4 heteroatoms. The van der Waals surface area contributed by atoms with Gasteiger partial charge in [-0.1, -0.05) is 11.6 Å². The molecule has 0 aliphatic heterocycles. The van der Waals surface area contributed by atoms with Gasteiger partial charge < -0.3 is 10.5 Å². The Morgan fingerprint density at radius 2 is 2.18 bits per heavy atom. The molecule has 0 saturated heterocycles. The summed E-state index contributed by atoms with van der Waals surface area (Å²) in [6.45, 7) is 0. The molecule has 1 aliphatic carbocycles. The van der Waals surface area contributed by atoms with Gasteiger partial charge in [-0.25, -0.2) is 4.98 Å². The molecule has 0 fully saturated rings. The number of methoxy groups -OCH3 is 1. The summed E-state index contributed by atoms with van der Waals surface area (Å²) in [5.41, 5.74) is 10.0. The first kappa shape index (κ1) is 10.7. The average molecular weight is 249 g/mol. The van der Waals surface area contributed by atoms with Crippen LogP contribution in [0.4, 0.5) is 5.69 Å². The maximum Gasteiger partial charge on any atom is 0.145 e. The van der Waals surface area contributed by atoms with Gasteiger partial charge in [-0.15, -0.1) is 0 Å². The molecule has 3 nitrogen and oxygen atoms in total. The van der Waals surface area contributed by atoms with Crippen LogP contribution < -0.4 is 10.5 Å². The van der Waals surface area contributed by atoms with Crippen molar-refractivity contribution in [3.63, 3.8) is 0 Å². The van der Waals surface area contributed by atoms with E-state index in [2.05, 4.69) is 4.98 Å². The molecular weight excluding hydrogens is 236 g/mol. The molecule has 1 aliphatic rings. The minimum atomic E-state index is 0.639. The number of aromatic nitrogens is 1. The number of nitrogens with two attached hydrogens (primary N) is 1. The quantitative estimate of drug-likeness (QED) is 0.844. The standard InChI is InChI=1S/C13H13ClN2O/c1-17-10-6-5-8(14)11-12(15)7-3-2-4-9(7)16-13(10)11/h5-6H,2-4H2,1H3,(H2,15,16). The molecular formula is C13H13ClN2O. The summed E-state index contributed by atoms with van der Waals surface area (Å²) in [6, 6.07) is 3.64. The number of rotatable bonds is 1. The normalized spacial score (nSPS) is 14.0. The predicted octanol–water partition coefficient (Wildman–Crippen LogP) is 2.97. The SMILES string of the molecule is COc1ccc(Cl)c2c(N)c3c(nc12)CCC3. The van der Waals surface area contributed by atoms with Crippen molar-refractivity contribution in [3.8, 4) is 5.75 Å². The first-order chi connectivity index (χ1) is 8.22. The monoisotopic (exact) mass is 248 g/mol. The van der Waals surface area contributed by atoms with Crippen molar-refractivity contribution in [1.29, 1.82) is 0 Å². The topological polar surface area (TPSA) is 48.1 Å². The lowest BCUT2D eigenvalue weighted by atomic mass is 10.1. The molecule has 0 atom stereocenters. The fourth-order valence-corrected chi connectivity index (χ4v) is 2.76. The van der Waals surface area contributed by atoms with Gasteiger partial charge in [-0.05, 0) is 37.0 Å². The highest BCUT2D eigenvalue weighted by Gasteiger charge is 2.20. The average Bonchev–Trinajstić information content (AvgIpc) is 2.78. The van der Waals surface area contributed by atoms with E-state index in [1.54, 1.807) is 7.11 Å². The number of nitrogens with zero attached hydrogens (tertiary/aromatic N) is 1. The van der Waals surface area contributed by atoms with Gasteiger partial charge in [-0.2, -0.15) is 0 Å². The fraction of sp³-hybridized carbons (Fsp3) is 0.308. The highest BCUT2D eigenvalue weighted by molar-refractivity contribution is 6.36. The molecule has 3 rings (SSSR count). The zero-order valence-corrected chi connectivity index (χ0v) is 10.3. The van der Waals surface area contributed by atoms with Crippen LogP contribution in [-0.4, -0.2) is 12.1 Å². The van der Waals surface area contributed by atoms with E-state index in [0.29, 0.717) is 5.02 Å². The van der Waals surface area contributed by atoms with E-state index in [1.165, 1.54) is 0 Å². The highest BCUT2D eigenvalue weighted by atomic mass is 35.5. The Kier molecular flexibility index (Phi) is 2.37. The Morgan fingerprint density at radius 3 is 2.94 bits per heavy atom. The summed E-state index contributed by atoms with van der Waals surface area (Å²) in [5.74, 6) is 0.728. The molecule has 0 bridgehead atoms. The van der Waals surface area contributed by atoms with Crippen LogP contribution >= 0.6 is 11.6 Å². The number of benzene rings is 1. The van der Waals surface area contributed by atoms with Crippen LogP contribution in [0.15, 0.2) is 12.1 Å². The molecule has 1 aromatic carbocycles. The van der Waals surface area contributed by atoms with E-state index in [1.807, 2.05) is 12.1 Å². The van der Waals surface area contributed by atoms with Crippen molar-refractivity contribution in [2.45, 2.75) is 19.3 Å². The maximum atomic E-state index is 6.22. The number of ether oxygens (including phenoxy) is 1. The molecule has 1 aromatic heterocycles. The number of anilines is 1. The van der Waals surface area contributed by atoms with Gasteiger partial charge in [0.15, 0.2) is 0 Å². The summed E-state index contributed by atoms with van der Waals surface area (Å²) in [5, 5.41) is 1.46. The Balaban J connectivity index is 2.45. The van der Waals surface area contributed by atoms with Gasteiger partial charge in [0.25, 0.3) is 0 Å². The molecule has 88 valence electrons. The van der Waals surface area contributed by atoms with Gasteiger partial charge in [0.1, 0.15) is 11.3 Å². The molecule has 0 spiro atoms. The van der Waals surface area contributed by atoms with Gasteiger partial charge in [0.2, 0.25) is 0 Å². The van der Waals surface area contributed by atoms with E-state index in [0.717, 1.165) is 52.9 Å². The summed E-state index contributed by atoms with van der Waals surface area (Å²) < 4.78 is 5.32. The van der Waals surface area contributed by atoms with Crippen LogP contribution in [0.25, 0.3) is 10.9 Å². The van der Waals surface area contributed by atoms with Crippen LogP contribution in [0, 0.1) is 0 Å². The molecule has 0 saturated carbocycles. The number of halogens is 1. The van der Waals surface area contributed by atoms with Crippen LogP contribution in [0.5, 0.6) is 5.75 Å². The summed E-state index contributed by atoms with van der Waals surface area (Å²) in [4.78, 5) is 4.66. The smallest absolute Gasteiger partial charge is 0.145 e. The highest BCUT2D eigenvalue weighted by Crippen LogP contribution is 2.39. The third-order valence-corrected chi connectivity index (χ3v) is 3.65. The minimum absolute atomic E-state index is 0.639. The molecule has 1 heterocycles. The second-order valence-electron chi connectivity index (χ2n) is 4.28. The zero-order chi connectivity index (χ0) is 12.0. The maximum absolute atomic E-state index is 6.22. The third kappa shape index (κ3) is 1.46. The van der Waals surface area contributed by atoms with Crippen molar-refractivity contribution < 1.29 is 4.74 Å². The van der Waals surface area contributed by atoms with Gasteiger partial charge >= 0.3 is 0 Å². The summed E-state index contributed by atoms with van der Waals surface area (Å²) >= 11 is 6.22. The van der Waals surface area contributed by atoms with Crippen molar-refractivity contribution in [2.75, 3.05) is 12.8 Å². The van der Waals surface area contributed by atoms with E-state index in [-0.39, 0.29) is 0 Å². The first-order valence-corrected chi connectivity index (χ1v) is 6.03. The van der Waals surface area contributed by atoms with Crippen molar-refractivity contribution in [1.82, 2.24) is 4.98 Å². The van der Waals surface area contributed by atoms with Gasteiger partial charge in [0.05, 0.1) is 12.1 Å². The Hall–Kier alpha value is -1.48. The van der Waals surface area contributed by atoms with E-state index < -0.39 is 0 Å². The Bertz CT molecular complexity index is 610. The number of pyridine rings is 1. The summed E-state index contributed by atoms with van der Waals surface area (Å²) in [7, 11) is 1.63. The van der Waals surface area contributed by atoms with Crippen LogP contribution in [0.2, 0.25) is 5.02 Å². The Labute approximate surface area is 105 Å². The van der Waals surface area contributed by atoms with Gasteiger partial charge in [0, 0.05) is 16.8 Å². The fourth-order valence-electron chi connectivity index (χ4n) is 2.51. The van der Waals surface area contributed by atoms with Crippen LogP contribution in [0.3, 0.4) is 0 Å². The predicted molar refractivity (Wildman–Crippen MR) is 69.7 cm³/mol. The van der Waals surface area contributed by atoms with Crippen LogP contribution in [0.1, 0.15) is 17.7 Å². The number of hydrogen-bond donors (Lipinski definition) is 1. The van der Waals surface area contributed by atoms with Crippen molar-refractivity contribution >= 4 is 28.2 Å². The van der Waals surface area contributed by atoms with Crippen LogP contribution in [-0.2, 0) is 12.8 Å².